The van der Waals surface area contributed by atoms with Gasteiger partial charge in [-0.05, 0) is 48.9 Å². The van der Waals surface area contributed by atoms with Crippen molar-refractivity contribution in [2.75, 3.05) is 20.2 Å². The number of fused-ring (bicyclic) bond motifs is 1. The van der Waals surface area contributed by atoms with Crippen molar-refractivity contribution >= 4 is 22.8 Å². The Morgan fingerprint density at radius 3 is 2.78 bits per heavy atom. The van der Waals surface area contributed by atoms with Crippen molar-refractivity contribution in [3.63, 3.8) is 0 Å². The van der Waals surface area contributed by atoms with Crippen LogP contribution in [0.25, 0.3) is 22.2 Å². The molecule has 0 spiro atoms. The van der Waals surface area contributed by atoms with Crippen LogP contribution in [-0.2, 0) is 4.74 Å². The average molecular weight is 435 g/mol. The molecular formula is C22H18FN5O4. The third-order valence-corrected chi connectivity index (χ3v) is 5.56. The Morgan fingerprint density at radius 2 is 2.00 bits per heavy atom. The Bertz CT molecular complexity index is 1310. The van der Waals surface area contributed by atoms with Crippen molar-refractivity contribution in [1.29, 1.82) is 0 Å². The van der Waals surface area contributed by atoms with Gasteiger partial charge in [0.25, 0.3) is 5.91 Å². The lowest BCUT2D eigenvalue weighted by molar-refractivity contribution is 0.0593. The molecule has 1 saturated heterocycles. The van der Waals surface area contributed by atoms with Gasteiger partial charge in [-0.3, -0.25) is 4.79 Å². The smallest absolute Gasteiger partial charge is 0.360 e. The molecular weight excluding hydrogens is 417 g/mol. The van der Waals surface area contributed by atoms with Crippen molar-refractivity contribution in [3.8, 4) is 11.3 Å². The van der Waals surface area contributed by atoms with E-state index in [1.54, 1.807) is 39.9 Å². The van der Waals surface area contributed by atoms with Crippen molar-refractivity contribution in [2.45, 2.75) is 12.5 Å². The van der Waals surface area contributed by atoms with Gasteiger partial charge in [-0.25, -0.2) is 13.9 Å². The highest BCUT2D eigenvalue weighted by Crippen LogP contribution is 2.30. The van der Waals surface area contributed by atoms with Crippen molar-refractivity contribution in [1.82, 2.24) is 25.1 Å². The summed E-state index contributed by atoms with van der Waals surface area (Å²) in [6, 6.07) is 11.0. The first-order chi connectivity index (χ1) is 15.5. The van der Waals surface area contributed by atoms with Crippen LogP contribution in [0.2, 0.25) is 0 Å². The second kappa shape index (κ2) is 7.88. The first-order valence-corrected chi connectivity index (χ1v) is 9.98. The van der Waals surface area contributed by atoms with Crippen LogP contribution in [0.5, 0.6) is 0 Å². The molecule has 0 saturated carbocycles. The van der Waals surface area contributed by atoms with E-state index in [4.69, 9.17) is 4.52 Å². The molecule has 0 radical (unpaired) electrons. The van der Waals surface area contributed by atoms with Gasteiger partial charge in [0.05, 0.1) is 24.7 Å². The summed E-state index contributed by atoms with van der Waals surface area (Å²) in [7, 11) is 1.28. The Labute approximate surface area is 181 Å². The number of methoxy groups -OCH3 is 1. The summed E-state index contributed by atoms with van der Waals surface area (Å²) in [6.07, 6.45) is 2.22. The Morgan fingerprint density at radius 1 is 1.19 bits per heavy atom. The summed E-state index contributed by atoms with van der Waals surface area (Å²) in [5.41, 5.74) is 1.91. The van der Waals surface area contributed by atoms with E-state index < -0.39 is 5.97 Å². The molecule has 1 amide bonds. The van der Waals surface area contributed by atoms with Crippen LogP contribution in [0.4, 0.5) is 4.39 Å². The number of esters is 1. The van der Waals surface area contributed by atoms with Crippen LogP contribution < -0.4 is 0 Å². The quantitative estimate of drug-likeness (QED) is 0.454. The minimum Gasteiger partial charge on any atom is -0.464 e. The van der Waals surface area contributed by atoms with Gasteiger partial charge in [-0.2, -0.15) is 0 Å². The van der Waals surface area contributed by atoms with Gasteiger partial charge < -0.3 is 14.2 Å². The van der Waals surface area contributed by atoms with Crippen LogP contribution in [0.15, 0.2) is 53.2 Å². The van der Waals surface area contributed by atoms with Crippen molar-refractivity contribution in [2.24, 2.45) is 0 Å². The maximum Gasteiger partial charge on any atom is 0.360 e. The number of aromatic nitrogens is 4. The predicted octanol–water partition coefficient (Wildman–Crippen LogP) is 3.10. The highest BCUT2D eigenvalue weighted by atomic mass is 19.1. The zero-order valence-corrected chi connectivity index (χ0v) is 17.1. The highest BCUT2D eigenvalue weighted by Gasteiger charge is 2.30. The molecule has 2 aromatic heterocycles. The molecule has 5 rings (SSSR count). The van der Waals surface area contributed by atoms with E-state index in [1.165, 1.54) is 25.4 Å². The molecule has 1 atom stereocenters. The van der Waals surface area contributed by atoms with Crippen LogP contribution in [0.3, 0.4) is 0 Å². The number of hydrogen-bond donors (Lipinski definition) is 0. The van der Waals surface area contributed by atoms with Gasteiger partial charge in [0, 0.05) is 24.2 Å². The molecule has 3 heterocycles. The SMILES string of the molecule is COC(=O)c1cn(C2CCN(C(=O)c3ccc4noc(-c5ccc(F)cc5)c4c3)C2)nn1. The van der Waals surface area contributed by atoms with E-state index >= 15 is 0 Å². The molecule has 1 unspecified atom stereocenters. The van der Waals surface area contributed by atoms with E-state index in [1.807, 2.05) is 0 Å². The third-order valence-electron chi connectivity index (χ3n) is 5.56. The maximum absolute atomic E-state index is 13.3. The van der Waals surface area contributed by atoms with E-state index in [9.17, 15) is 14.0 Å². The second-order valence-corrected chi connectivity index (χ2v) is 7.52. The first kappa shape index (κ1) is 19.9. The molecule has 1 fully saturated rings. The van der Waals surface area contributed by atoms with Gasteiger partial charge in [-0.1, -0.05) is 10.4 Å². The normalized spacial score (nSPS) is 15.9. The zero-order valence-electron chi connectivity index (χ0n) is 17.1. The summed E-state index contributed by atoms with van der Waals surface area (Å²) in [5.74, 6) is -0.551. The lowest BCUT2D eigenvalue weighted by atomic mass is 10.1. The monoisotopic (exact) mass is 435 g/mol. The minimum absolute atomic E-state index is 0.0843. The summed E-state index contributed by atoms with van der Waals surface area (Å²) in [6.45, 7) is 0.985. The molecule has 4 aromatic rings. The lowest BCUT2D eigenvalue weighted by Crippen LogP contribution is -2.29. The fourth-order valence-electron chi connectivity index (χ4n) is 3.86. The van der Waals surface area contributed by atoms with Gasteiger partial charge in [0.2, 0.25) is 0 Å². The molecule has 162 valence electrons. The van der Waals surface area contributed by atoms with E-state index in [-0.39, 0.29) is 23.5 Å². The third kappa shape index (κ3) is 3.49. The number of carbonyl (C=O) groups excluding carboxylic acids is 2. The largest absolute Gasteiger partial charge is 0.464 e. The fraction of sp³-hybridized carbons (Fsp3) is 0.227. The lowest BCUT2D eigenvalue weighted by Gasteiger charge is -2.16. The second-order valence-electron chi connectivity index (χ2n) is 7.52. The van der Waals surface area contributed by atoms with Crippen LogP contribution in [-0.4, -0.2) is 57.1 Å². The van der Waals surface area contributed by atoms with Gasteiger partial charge in [0.1, 0.15) is 11.3 Å². The van der Waals surface area contributed by atoms with E-state index in [0.29, 0.717) is 47.3 Å². The number of halogens is 1. The number of hydrogen-bond acceptors (Lipinski definition) is 7. The molecule has 1 aliphatic heterocycles. The van der Waals surface area contributed by atoms with Crippen LogP contribution in [0, 0.1) is 5.82 Å². The zero-order chi connectivity index (χ0) is 22.2. The first-order valence-electron chi connectivity index (χ1n) is 9.98. The number of rotatable bonds is 4. The molecule has 2 aromatic carbocycles. The molecule has 32 heavy (non-hydrogen) atoms. The topological polar surface area (TPSA) is 103 Å². The fourth-order valence-corrected chi connectivity index (χ4v) is 3.86. The molecule has 9 nitrogen and oxygen atoms in total. The van der Waals surface area contributed by atoms with Crippen LogP contribution >= 0.6 is 0 Å². The molecule has 0 aliphatic carbocycles. The highest BCUT2D eigenvalue weighted by molar-refractivity contribution is 6.01. The standard InChI is InChI=1S/C22H18FN5O4/c1-31-22(30)19-12-28(26-24-19)16-8-9-27(11-16)21(29)14-4-7-18-17(10-14)20(32-25-18)13-2-5-15(23)6-3-13/h2-7,10,12,16H,8-9,11H2,1H3. The van der Waals surface area contributed by atoms with Gasteiger partial charge >= 0.3 is 5.97 Å². The number of ether oxygens (including phenoxy) is 1. The number of nitrogens with zero attached hydrogens (tertiary/aromatic N) is 5. The Kier molecular flexibility index (Phi) is 4.89. The van der Waals surface area contributed by atoms with E-state index in [0.717, 1.165) is 0 Å². The van der Waals surface area contributed by atoms with Gasteiger partial charge in [0.15, 0.2) is 11.5 Å². The Hall–Kier alpha value is -4.08. The van der Waals surface area contributed by atoms with Crippen molar-refractivity contribution < 1.29 is 23.2 Å². The molecule has 0 bridgehead atoms. The number of benzene rings is 2. The maximum atomic E-state index is 13.3. The van der Waals surface area contributed by atoms with Gasteiger partial charge in [-0.15, -0.1) is 5.10 Å². The number of carbonyl (C=O) groups is 2. The summed E-state index contributed by atoms with van der Waals surface area (Å²) >= 11 is 0. The van der Waals surface area contributed by atoms with Crippen LogP contribution in [0.1, 0.15) is 33.3 Å². The summed E-state index contributed by atoms with van der Waals surface area (Å²) in [5, 5.41) is 12.5. The molecule has 1 aliphatic rings. The number of amides is 1. The predicted molar refractivity (Wildman–Crippen MR) is 110 cm³/mol. The summed E-state index contributed by atoms with van der Waals surface area (Å²) < 4.78 is 25.0. The average Bonchev–Trinajstić information content (AvgIpc) is 3.57. The van der Waals surface area contributed by atoms with Crippen molar-refractivity contribution in [3.05, 3.63) is 65.7 Å². The Balaban J connectivity index is 1.37. The van der Waals surface area contributed by atoms with E-state index in [2.05, 4.69) is 20.2 Å². The number of likely N-dealkylation sites (tertiary alicyclic amines) is 1. The minimum atomic E-state index is -0.554. The molecule has 0 N–H and O–H groups in total. The summed E-state index contributed by atoms with van der Waals surface area (Å²) in [4.78, 5) is 26.5. The molecule has 10 heteroatoms.